The summed E-state index contributed by atoms with van der Waals surface area (Å²) in [5, 5.41) is 12.9. The van der Waals surface area contributed by atoms with E-state index in [0.29, 0.717) is 21.6 Å². The largest absolute Gasteiger partial charge is 0.497 e. The molecular formula is C21H24ClN5O2S. The quantitative estimate of drug-likeness (QED) is 0.521. The van der Waals surface area contributed by atoms with E-state index in [2.05, 4.69) is 27.3 Å². The highest BCUT2D eigenvalue weighted by Crippen LogP contribution is 2.27. The fourth-order valence-corrected chi connectivity index (χ4v) is 3.62. The minimum atomic E-state index is -0.138. The highest BCUT2D eigenvalue weighted by molar-refractivity contribution is 7.99. The van der Waals surface area contributed by atoms with Crippen LogP contribution in [0.15, 0.2) is 53.7 Å². The minimum absolute atomic E-state index is 0.0353. The monoisotopic (exact) mass is 445 g/mol. The number of nitrogens with one attached hydrogen (secondary N) is 1. The molecule has 1 N–H and O–H groups in total. The second-order valence-electron chi connectivity index (χ2n) is 6.86. The molecule has 0 aliphatic carbocycles. The lowest BCUT2D eigenvalue weighted by Gasteiger charge is -2.20. The van der Waals surface area contributed by atoms with Gasteiger partial charge in [-0.2, -0.15) is 0 Å². The Morgan fingerprint density at radius 1 is 1.23 bits per heavy atom. The molecule has 1 atom stereocenters. The number of amides is 1. The number of hydrogen-bond acceptors (Lipinski definition) is 6. The molecule has 3 rings (SSSR count). The molecule has 1 amide bonds. The summed E-state index contributed by atoms with van der Waals surface area (Å²) in [7, 11) is 5.56. The maximum atomic E-state index is 12.5. The summed E-state index contributed by atoms with van der Waals surface area (Å²) >= 11 is 7.38. The summed E-state index contributed by atoms with van der Waals surface area (Å²) in [5.41, 5.74) is 1.57. The van der Waals surface area contributed by atoms with E-state index >= 15 is 0 Å². The molecule has 0 aliphatic rings. The third kappa shape index (κ3) is 5.33. The van der Waals surface area contributed by atoms with E-state index in [1.807, 2.05) is 61.1 Å². The van der Waals surface area contributed by atoms with Crippen LogP contribution in [-0.4, -0.2) is 52.5 Å². The topological polar surface area (TPSA) is 72.3 Å². The van der Waals surface area contributed by atoms with Gasteiger partial charge in [0, 0.05) is 22.5 Å². The smallest absolute Gasteiger partial charge is 0.234 e. The van der Waals surface area contributed by atoms with Gasteiger partial charge in [-0.15, -0.1) is 10.2 Å². The van der Waals surface area contributed by atoms with Crippen molar-refractivity contribution in [2.75, 3.05) is 32.3 Å². The third-order valence-electron chi connectivity index (χ3n) is 4.58. The molecular weight excluding hydrogens is 422 g/mol. The Bertz CT molecular complexity index is 1010. The molecule has 7 nitrogen and oxygen atoms in total. The number of nitrogens with zero attached hydrogens (tertiary/aromatic N) is 4. The zero-order chi connectivity index (χ0) is 21.7. The lowest BCUT2D eigenvalue weighted by atomic mass is 10.2. The SMILES string of the molecule is COc1cccc(NC(=O)CSc2nnc(C(C)N(C)C)n2-c2ccc(Cl)cc2)c1. The number of carbonyl (C=O) groups is 1. The van der Waals surface area contributed by atoms with Crippen molar-refractivity contribution < 1.29 is 9.53 Å². The van der Waals surface area contributed by atoms with E-state index in [1.54, 1.807) is 13.2 Å². The molecule has 0 spiro atoms. The predicted molar refractivity (Wildman–Crippen MR) is 121 cm³/mol. The van der Waals surface area contributed by atoms with Gasteiger partial charge in [0.25, 0.3) is 0 Å². The van der Waals surface area contributed by atoms with Crippen LogP contribution in [0.3, 0.4) is 0 Å². The van der Waals surface area contributed by atoms with Crippen LogP contribution in [0.4, 0.5) is 5.69 Å². The first-order chi connectivity index (χ1) is 14.4. The second-order valence-corrected chi connectivity index (χ2v) is 8.24. The van der Waals surface area contributed by atoms with Crippen molar-refractivity contribution in [3.63, 3.8) is 0 Å². The number of rotatable bonds is 8. The van der Waals surface area contributed by atoms with Gasteiger partial charge in [-0.3, -0.25) is 14.3 Å². The molecule has 30 heavy (non-hydrogen) atoms. The maximum Gasteiger partial charge on any atom is 0.234 e. The van der Waals surface area contributed by atoms with Gasteiger partial charge in [0.1, 0.15) is 5.75 Å². The highest BCUT2D eigenvalue weighted by atomic mass is 35.5. The zero-order valence-corrected chi connectivity index (χ0v) is 18.9. The lowest BCUT2D eigenvalue weighted by Crippen LogP contribution is -2.21. The van der Waals surface area contributed by atoms with Crippen LogP contribution in [0.25, 0.3) is 5.69 Å². The Hall–Kier alpha value is -2.55. The van der Waals surface area contributed by atoms with Crippen LogP contribution in [0.2, 0.25) is 5.02 Å². The van der Waals surface area contributed by atoms with E-state index in [1.165, 1.54) is 11.8 Å². The molecule has 0 saturated heterocycles. The van der Waals surface area contributed by atoms with Gasteiger partial charge in [0.2, 0.25) is 5.91 Å². The molecule has 3 aromatic rings. The molecule has 1 unspecified atom stereocenters. The molecule has 0 aliphatic heterocycles. The summed E-state index contributed by atoms with van der Waals surface area (Å²) in [6.45, 7) is 2.06. The molecule has 0 radical (unpaired) electrons. The average molecular weight is 446 g/mol. The van der Waals surface area contributed by atoms with Crippen molar-refractivity contribution in [3.05, 3.63) is 59.4 Å². The van der Waals surface area contributed by atoms with Gasteiger partial charge < -0.3 is 10.1 Å². The van der Waals surface area contributed by atoms with Crippen molar-refractivity contribution >= 4 is 35.0 Å². The van der Waals surface area contributed by atoms with Crippen LogP contribution >= 0.6 is 23.4 Å². The van der Waals surface area contributed by atoms with Gasteiger partial charge in [-0.25, -0.2) is 0 Å². The average Bonchev–Trinajstić information content (AvgIpc) is 3.16. The van der Waals surface area contributed by atoms with Gasteiger partial charge in [0.05, 0.1) is 18.9 Å². The van der Waals surface area contributed by atoms with Crippen LogP contribution in [0.1, 0.15) is 18.8 Å². The molecule has 0 saturated carbocycles. The van der Waals surface area contributed by atoms with Gasteiger partial charge in [-0.1, -0.05) is 29.4 Å². The molecule has 1 aromatic heterocycles. The lowest BCUT2D eigenvalue weighted by molar-refractivity contribution is -0.113. The van der Waals surface area contributed by atoms with E-state index in [9.17, 15) is 4.79 Å². The number of thioether (sulfide) groups is 1. The Morgan fingerprint density at radius 3 is 2.63 bits per heavy atom. The Labute approximate surface area is 185 Å². The van der Waals surface area contributed by atoms with Crippen LogP contribution in [0.5, 0.6) is 5.75 Å². The summed E-state index contributed by atoms with van der Waals surface area (Å²) < 4.78 is 7.15. The van der Waals surface area contributed by atoms with Crippen LogP contribution < -0.4 is 10.1 Å². The molecule has 158 valence electrons. The van der Waals surface area contributed by atoms with Gasteiger partial charge in [-0.05, 0) is 57.4 Å². The number of benzene rings is 2. The normalized spacial score (nSPS) is 12.1. The molecule has 2 aromatic carbocycles. The van der Waals surface area contributed by atoms with Gasteiger partial charge >= 0.3 is 0 Å². The van der Waals surface area contributed by atoms with Crippen molar-refractivity contribution in [3.8, 4) is 11.4 Å². The summed E-state index contributed by atoms with van der Waals surface area (Å²) in [4.78, 5) is 14.5. The first kappa shape index (κ1) is 22.1. The predicted octanol–water partition coefficient (Wildman–Crippen LogP) is 4.28. The number of halogens is 1. The fourth-order valence-electron chi connectivity index (χ4n) is 2.74. The molecule has 0 fully saturated rings. The molecule has 0 bridgehead atoms. The van der Waals surface area contributed by atoms with E-state index in [0.717, 1.165) is 11.5 Å². The Morgan fingerprint density at radius 2 is 1.97 bits per heavy atom. The van der Waals surface area contributed by atoms with E-state index < -0.39 is 0 Å². The van der Waals surface area contributed by atoms with E-state index in [4.69, 9.17) is 16.3 Å². The number of carbonyl (C=O) groups excluding carboxylic acids is 1. The summed E-state index contributed by atoms with van der Waals surface area (Å²) in [6.07, 6.45) is 0. The first-order valence-corrected chi connectivity index (χ1v) is 10.7. The second kappa shape index (κ2) is 9.97. The van der Waals surface area contributed by atoms with Crippen molar-refractivity contribution in [2.45, 2.75) is 18.1 Å². The van der Waals surface area contributed by atoms with Crippen LogP contribution in [-0.2, 0) is 4.79 Å². The zero-order valence-electron chi connectivity index (χ0n) is 17.3. The standard InChI is InChI=1S/C21H24ClN5O2S/c1-14(26(2)3)20-24-25-21(27(20)17-10-8-15(22)9-11-17)30-13-19(28)23-16-6-5-7-18(12-16)29-4/h5-12,14H,13H2,1-4H3,(H,23,28). The summed E-state index contributed by atoms with van der Waals surface area (Å²) in [5.74, 6) is 1.53. The van der Waals surface area contributed by atoms with Crippen molar-refractivity contribution in [1.29, 1.82) is 0 Å². The molecule has 9 heteroatoms. The van der Waals surface area contributed by atoms with Crippen molar-refractivity contribution in [2.24, 2.45) is 0 Å². The first-order valence-electron chi connectivity index (χ1n) is 9.33. The number of ether oxygens (including phenoxy) is 1. The molecule has 1 heterocycles. The fraction of sp³-hybridized carbons (Fsp3) is 0.286. The summed E-state index contributed by atoms with van der Waals surface area (Å²) in [6, 6.07) is 14.8. The number of aromatic nitrogens is 3. The number of methoxy groups -OCH3 is 1. The van der Waals surface area contributed by atoms with E-state index in [-0.39, 0.29) is 17.7 Å². The van der Waals surface area contributed by atoms with Gasteiger partial charge in [0.15, 0.2) is 11.0 Å². The third-order valence-corrected chi connectivity index (χ3v) is 5.76. The Kier molecular flexibility index (Phi) is 7.36. The highest BCUT2D eigenvalue weighted by Gasteiger charge is 2.21. The Balaban J connectivity index is 1.79. The minimum Gasteiger partial charge on any atom is -0.497 e. The van der Waals surface area contributed by atoms with Crippen molar-refractivity contribution in [1.82, 2.24) is 19.7 Å². The number of anilines is 1. The van der Waals surface area contributed by atoms with Crippen LogP contribution in [0, 0.1) is 0 Å². The maximum absolute atomic E-state index is 12.5. The number of hydrogen-bond donors (Lipinski definition) is 1.